The SMILES string of the molecule is C#CC#CC#CC#CC#CC#CC#CC#CC#CC#CC#COc1cc(O)cc(COC(=O)/N=N\C(=O)OCC)c1. The van der Waals surface area contributed by atoms with E-state index in [1.165, 1.54) is 18.2 Å². The molecule has 0 saturated heterocycles. The summed E-state index contributed by atoms with van der Waals surface area (Å²) in [4.78, 5) is 22.5. The Bertz CT molecular complexity index is 1900. The molecule has 0 aliphatic heterocycles. The Hall–Kier alpha value is -7.48. The molecule has 1 rings (SSSR count). The first kappa shape index (κ1) is 31.5. The molecule has 0 spiro atoms. The Kier molecular flexibility index (Phi) is 16.8. The Labute approximate surface area is 237 Å². The van der Waals surface area contributed by atoms with E-state index in [0.29, 0.717) is 5.56 Å². The van der Waals surface area contributed by atoms with Gasteiger partial charge in [0.1, 0.15) is 24.2 Å². The second-order valence-corrected chi connectivity index (χ2v) is 6.01. The number of rotatable bonds is 4. The first-order valence-electron chi connectivity index (χ1n) is 10.8. The molecule has 0 aliphatic carbocycles. The van der Waals surface area contributed by atoms with Crippen LogP contribution < -0.4 is 4.74 Å². The first-order chi connectivity index (χ1) is 20.0. The van der Waals surface area contributed by atoms with E-state index in [9.17, 15) is 14.7 Å². The molecule has 8 heteroatoms. The monoisotopic (exact) mass is 532 g/mol. The minimum absolute atomic E-state index is 0.0856. The van der Waals surface area contributed by atoms with Gasteiger partial charge in [-0.25, -0.2) is 9.59 Å². The first-order valence-corrected chi connectivity index (χ1v) is 10.8. The Balaban J connectivity index is 2.54. The minimum atomic E-state index is -1.12. The van der Waals surface area contributed by atoms with Crippen molar-refractivity contribution < 1.29 is 28.9 Å². The van der Waals surface area contributed by atoms with Gasteiger partial charge in [-0.15, -0.1) is 6.42 Å². The Morgan fingerprint density at radius 1 is 0.683 bits per heavy atom. The van der Waals surface area contributed by atoms with Crippen LogP contribution in [0.1, 0.15) is 12.5 Å². The molecule has 0 aromatic heterocycles. The zero-order valence-corrected chi connectivity index (χ0v) is 21.1. The molecule has 0 fully saturated rings. The van der Waals surface area contributed by atoms with E-state index < -0.39 is 12.2 Å². The lowest BCUT2D eigenvalue weighted by molar-refractivity contribution is 0.144. The maximum atomic E-state index is 11.5. The van der Waals surface area contributed by atoms with Gasteiger partial charge in [-0.3, -0.25) is 0 Å². The third-order valence-electron chi connectivity index (χ3n) is 3.21. The Morgan fingerprint density at radius 2 is 1.12 bits per heavy atom. The van der Waals surface area contributed by atoms with Crippen molar-refractivity contribution >= 4 is 12.2 Å². The number of phenols is 1. The van der Waals surface area contributed by atoms with Crippen LogP contribution in [0.25, 0.3) is 0 Å². The molecule has 1 aromatic rings. The van der Waals surface area contributed by atoms with Crippen LogP contribution in [-0.4, -0.2) is 23.9 Å². The molecule has 41 heavy (non-hydrogen) atoms. The predicted molar refractivity (Wildman–Crippen MR) is 147 cm³/mol. The summed E-state index contributed by atoms with van der Waals surface area (Å²) in [7, 11) is 0. The molecule has 0 unspecified atom stereocenters. The average molecular weight is 532 g/mol. The number of terminal acetylenes is 1. The summed E-state index contributed by atoms with van der Waals surface area (Å²) in [5.41, 5.74) is 0.360. The Morgan fingerprint density at radius 3 is 1.59 bits per heavy atom. The third kappa shape index (κ3) is 18.4. The molecule has 0 bridgehead atoms. The van der Waals surface area contributed by atoms with Crippen molar-refractivity contribution in [2.24, 2.45) is 10.2 Å². The van der Waals surface area contributed by atoms with Crippen LogP contribution in [0.4, 0.5) is 9.59 Å². The van der Waals surface area contributed by atoms with Crippen molar-refractivity contribution in [3.63, 3.8) is 0 Å². The van der Waals surface area contributed by atoms with E-state index in [1.807, 2.05) is 0 Å². The number of ether oxygens (including phenoxy) is 3. The van der Waals surface area contributed by atoms with Crippen LogP contribution >= 0.6 is 0 Å². The standard InChI is InChI=1S/C33H12N2O6/c1-3-5-6-7-8-9-10-11-12-13-14-15-16-17-18-19-20-21-22-23-24-40-31-26-29(25-30(36)27-31)28-41-33(38)35-34-32(37)39-4-2/h1,25-27,36H,4,28H2,2H3/b35-34-. The molecule has 190 valence electrons. The molecule has 0 atom stereocenters. The summed E-state index contributed by atoms with van der Waals surface area (Å²) >= 11 is 0. The normalized spacial score (nSPS) is 7.02. The molecule has 1 N–H and O–H groups in total. The maximum Gasteiger partial charge on any atom is 0.452 e. The molecule has 0 aliphatic rings. The number of azo groups is 1. The number of carbonyl (C=O) groups is 2. The summed E-state index contributed by atoms with van der Waals surface area (Å²) in [6, 6.07) is 4.06. The van der Waals surface area contributed by atoms with Crippen molar-refractivity contribution in [1.82, 2.24) is 0 Å². The van der Waals surface area contributed by atoms with Crippen LogP contribution in [0.5, 0.6) is 11.5 Å². The highest BCUT2D eigenvalue weighted by Crippen LogP contribution is 2.22. The fourth-order valence-electron chi connectivity index (χ4n) is 1.87. The largest absolute Gasteiger partial charge is 0.508 e. The fraction of sp³-hybridized carbons (Fsp3) is 0.0909. The van der Waals surface area contributed by atoms with Crippen LogP contribution in [-0.2, 0) is 16.1 Å². The number of hydrogen-bond acceptors (Lipinski definition) is 6. The number of aromatic hydroxyl groups is 1. The lowest BCUT2D eigenvalue weighted by Gasteiger charge is -2.04. The quantitative estimate of drug-likeness (QED) is 0.472. The van der Waals surface area contributed by atoms with Gasteiger partial charge in [0, 0.05) is 77.1 Å². The van der Waals surface area contributed by atoms with Crippen molar-refractivity contribution in [2.75, 3.05) is 6.61 Å². The van der Waals surface area contributed by atoms with Crippen molar-refractivity contribution in [2.45, 2.75) is 13.5 Å². The van der Waals surface area contributed by atoms with Gasteiger partial charge >= 0.3 is 12.2 Å². The third-order valence-corrected chi connectivity index (χ3v) is 3.21. The fourth-order valence-corrected chi connectivity index (χ4v) is 1.87. The summed E-state index contributed by atoms with van der Waals surface area (Å²) in [6.45, 7) is 1.38. The lowest BCUT2D eigenvalue weighted by Crippen LogP contribution is -2.01. The van der Waals surface area contributed by atoms with Gasteiger partial charge in [-0.1, -0.05) is 10.2 Å². The number of hydrogen-bond donors (Lipinski definition) is 1. The molecule has 0 heterocycles. The molecule has 0 radical (unpaired) electrons. The van der Waals surface area contributed by atoms with Crippen molar-refractivity contribution in [3.05, 3.63) is 23.8 Å². The molecule has 2 amide bonds. The van der Waals surface area contributed by atoms with Crippen LogP contribution in [0.15, 0.2) is 28.4 Å². The van der Waals surface area contributed by atoms with Crippen molar-refractivity contribution in [1.29, 1.82) is 0 Å². The van der Waals surface area contributed by atoms with Gasteiger partial charge in [0.05, 0.1) is 6.61 Å². The number of nitrogens with zero attached hydrogens (tertiary/aromatic N) is 2. The topological polar surface area (TPSA) is 107 Å². The van der Waals surface area contributed by atoms with Crippen molar-refractivity contribution in [3.8, 4) is 142 Å². The molecule has 0 saturated carbocycles. The van der Waals surface area contributed by atoms with E-state index in [0.717, 1.165) is 0 Å². The van der Waals surface area contributed by atoms with Crippen LogP contribution in [0, 0.1) is 131 Å². The number of benzene rings is 1. The zero-order chi connectivity index (χ0) is 29.8. The summed E-state index contributed by atoms with van der Waals surface area (Å²) in [6.07, 6.45) is 5.10. The van der Waals surface area contributed by atoms with Gasteiger partial charge in [0.2, 0.25) is 0 Å². The minimum Gasteiger partial charge on any atom is -0.508 e. The summed E-state index contributed by atoms with van der Waals surface area (Å²) < 4.78 is 14.5. The number of amides is 2. The van der Waals surface area contributed by atoms with E-state index in [4.69, 9.17) is 15.9 Å². The second kappa shape index (κ2) is 21.8. The maximum absolute atomic E-state index is 11.5. The van der Waals surface area contributed by atoms with Gasteiger partial charge in [-0.05, 0) is 72.0 Å². The molecule has 8 nitrogen and oxygen atoms in total. The van der Waals surface area contributed by atoms with Gasteiger partial charge in [-0.2, -0.15) is 0 Å². The van der Waals surface area contributed by atoms with E-state index in [-0.39, 0.29) is 24.7 Å². The predicted octanol–water partition coefficient (Wildman–Crippen LogP) is 2.64. The van der Waals surface area contributed by atoms with Gasteiger partial charge in [0.25, 0.3) is 0 Å². The number of phenolic OH excluding ortho intramolecular Hbond substituents is 1. The number of carbonyl (C=O) groups excluding carboxylic acids is 2. The van der Waals surface area contributed by atoms with Crippen LogP contribution in [0.2, 0.25) is 0 Å². The average Bonchev–Trinajstić information content (AvgIpc) is 2.95. The lowest BCUT2D eigenvalue weighted by atomic mass is 10.2. The van der Waals surface area contributed by atoms with E-state index >= 15 is 0 Å². The van der Waals surface area contributed by atoms with Gasteiger partial charge in [0.15, 0.2) is 0 Å². The second-order valence-electron chi connectivity index (χ2n) is 6.01. The summed E-state index contributed by atoms with van der Waals surface area (Å²) in [5.74, 6) is 48.6. The summed E-state index contributed by atoms with van der Waals surface area (Å²) in [5, 5.41) is 15.9. The molecular formula is C33H12N2O6. The van der Waals surface area contributed by atoms with Crippen LogP contribution in [0.3, 0.4) is 0 Å². The molecule has 1 aromatic carbocycles. The molecular weight excluding hydrogens is 520 g/mol. The zero-order valence-electron chi connectivity index (χ0n) is 21.1. The van der Waals surface area contributed by atoms with Gasteiger partial charge < -0.3 is 19.3 Å². The van der Waals surface area contributed by atoms with E-state index in [2.05, 4.69) is 139 Å². The smallest absolute Gasteiger partial charge is 0.452 e. The highest BCUT2D eigenvalue weighted by Gasteiger charge is 2.06. The van der Waals surface area contributed by atoms with E-state index in [1.54, 1.807) is 6.92 Å². The highest BCUT2D eigenvalue weighted by atomic mass is 16.6. The highest BCUT2D eigenvalue weighted by molar-refractivity contribution is 5.73.